The van der Waals surface area contributed by atoms with Gasteiger partial charge in [0.25, 0.3) is 0 Å². The van der Waals surface area contributed by atoms with Gasteiger partial charge in [0.15, 0.2) is 11.5 Å². The molecule has 0 unspecified atom stereocenters. The van der Waals surface area contributed by atoms with Crippen LogP contribution in [0.1, 0.15) is 19.3 Å². The molecule has 7 heteroatoms. The second-order valence-electron chi connectivity index (χ2n) is 12.0. The maximum absolute atomic E-state index is 13.7. The Morgan fingerprint density at radius 3 is 0.980 bits per heavy atom. The molecule has 1 fully saturated rings. The lowest BCUT2D eigenvalue weighted by atomic mass is 9.95. The minimum Gasteiger partial charge on any atom is -0.438 e. The van der Waals surface area contributed by atoms with Crippen LogP contribution in [0.15, 0.2) is 192 Å². The van der Waals surface area contributed by atoms with Crippen LogP contribution in [-0.4, -0.2) is 33.8 Å². The number of carbonyl (C=O) groups is 1. The predicted molar refractivity (Wildman–Crippen MR) is 204 cm³/mol. The molecule has 0 saturated heterocycles. The van der Waals surface area contributed by atoms with Gasteiger partial charge in [0.1, 0.15) is 5.71 Å². The van der Waals surface area contributed by atoms with Gasteiger partial charge in [-0.3, -0.25) is 4.79 Å². The Labute approximate surface area is 289 Å². The summed E-state index contributed by atoms with van der Waals surface area (Å²) in [6, 6.07) is 61.5. The first-order valence-corrected chi connectivity index (χ1v) is 20.4. The van der Waals surface area contributed by atoms with Gasteiger partial charge in [-0.2, -0.15) is 0 Å². The summed E-state index contributed by atoms with van der Waals surface area (Å²) in [5, 5.41) is 15.9. The molecule has 7 rings (SSSR count). The van der Waals surface area contributed by atoms with E-state index >= 15 is 0 Å². The number of ketones is 1. The molecule has 0 heterocycles. The molecule has 1 saturated carbocycles. The van der Waals surface area contributed by atoms with Crippen LogP contribution in [0.25, 0.3) is 0 Å². The Bertz CT molecular complexity index is 1850. The lowest BCUT2D eigenvalue weighted by molar-refractivity contribution is -0.113. The molecule has 1 aliphatic carbocycles. The molecule has 5 nitrogen and oxygen atoms in total. The van der Waals surface area contributed by atoms with E-state index in [0.717, 1.165) is 31.1 Å². The summed E-state index contributed by atoms with van der Waals surface area (Å²) in [6.45, 7) is 0. The highest BCUT2D eigenvalue weighted by Crippen LogP contribution is 2.17. The third-order valence-corrected chi connectivity index (χ3v) is 16.6. The zero-order chi connectivity index (χ0) is 33.4. The SMILES string of the molecule is O=C1CCCC(=N/O[Si](c2ccccc2)(c2ccccc2)c2ccccc2)/C1=N/O[Si](c1ccccc1)(c1ccccc1)c1ccccc1. The Hall–Kier alpha value is -5.64. The Balaban J connectivity index is 1.37. The molecule has 0 aliphatic heterocycles. The Morgan fingerprint density at radius 1 is 0.388 bits per heavy atom. The monoisotopic (exact) mass is 672 g/mol. The number of hydrogen-bond donors (Lipinski definition) is 0. The normalized spacial score (nSPS) is 15.2. The first kappa shape index (κ1) is 31.9. The van der Waals surface area contributed by atoms with E-state index in [1.807, 2.05) is 109 Å². The van der Waals surface area contributed by atoms with E-state index in [2.05, 4.69) is 72.8 Å². The molecular weight excluding hydrogens is 637 g/mol. The first-order chi connectivity index (χ1) is 24.2. The van der Waals surface area contributed by atoms with Crippen LogP contribution in [0.2, 0.25) is 0 Å². The van der Waals surface area contributed by atoms with Gasteiger partial charge < -0.3 is 9.05 Å². The zero-order valence-electron chi connectivity index (χ0n) is 27.1. The molecule has 240 valence electrons. The average molecular weight is 673 g/mol. The highest BCUT2D eigenvalue weighted by atomic mass is 28.4. The fraction of sp³-hybridized carbons (Fsp3) is 0.0714. The Kier molecular flexibility index (Phi) is 9.54. The number of carbonyl (C=O) groups excluding carboxylic acids is 1. The third-order valence-electron chi connectivity index (χ3n) is 9.00. The standard InChI is InChI=1S/C42H36N2O3Si2/c45-41-33-19-32-40(43-46-48(34-20-7-1-8-21-34,35-22-9-2-10-23-35)36-24-11-3-12-25-36)42(41)44-47-49(37-26-13-4-14-27-37,38-28-15-5-16-29-38)39-30-17-6-18-31-39/h1-18,20-31H,19,32-33H2/b43-40-,44-42-. The maximum Gasteiger partial charge on any atom is 0.380 e. The molecule has 1 aliphatic rings. The van der Waals surface area contributed by atoms with Crippen LogP contribution in [0.4, 0.5) is 0 Å². The van der Waals surface area contributed by atoms with Gasteiger partial charge >= 0.3 is 16.6 Å². The quantitative estimate of drug-likeness (QED) is 0.119. The van der Waals surface area contributed by atoms with E-state index in [0.29, 0.717) is 25.0 Å². The maximum atomic E-state index is 13.7. The summed E-state index contributed by atoms with van der Waals surface area (Å²) in [6.07, 6.45) is 1.58. The van der Waals surface area contributed by atoms with Crippen LogP contribution in [0.3, 0.4) is 0 Å². The molecule has 0 amide bonds. The van der Waals surface area contributed by atoms with Crippen molar-refractivity contribution in [1.29, 1.82) is 0 Å². The largest absolute Gasteiger partial charge is 0.438 e. The average Bonchev–Trinajstić information content (AvgIpc) is 3.18. The number of hydrogen-bond acceptors (Lipinski definition) is 5. The summed E-state index contributed by atoms with van der Waals surface area (Å²) in [5.74, 6) is -0.0999. The highest BCUT2D eigenvalue weighted by Gasteiger charge is 2.47. The smallest absolute Gasteiger partial charge is 0.380 e. The highest BCUT2D eigenvalue weighted by molar-refractivity contribution is 7.07. The van der Waals surface area contributed by atoms with Gasteiger partial charge in [0, 0.05) is 6.42 Å². The lowest BCUT2D eigenvalue weighted by Gasteiger charge is -2.31. The number of Topliss-reactive ketones (excluding diaryl/α,β-unsaturated/α-hetero) is 1. The molecular formula is C42H36N2O3Si2. The summed E-state index contributed by atoms with van der Waals surface area (Å²) in [7, 11) is -6.37. The van der Waals surface area contributed by atoms with Crippen molar-refractivity contribution < 1.29 is 13.8 Å². The second kappa shape index (κ2) is 14.6. The number of nitrogens with zero attached hydrogens (tertiary/aromatic N) is 2. The summed E-state index contributed by atoms with van der Waals surface area (Å²) in [5.41, 5.74) is 0.732. The third kappa shape index (κ3) is 6.34. The van der Waals surface area contributed by atoms with Crippen LogP contribution >= 0.6 is 0 Å². The van der Waals surface area contributed by atoms with Crippen LogP contribution in [0.5, 0.6) is 0 Å². The fourth-order valence-corrected chi connectivity index (χ4v) is 13.7. The van der Waals surface area contributed by atoms with Gasteiger partial charge in [-0.15, -0.1) is 5.16 Å². The first-order valence-electron chi connectivity index (χ1n) is 16.6. The molecule has 0 bridgehead atoms. The van der Waals surface area contributed by atoms with E-state index in [1.165, 1.54) is 0 Å². The van der Waals surface area contributed by atoms with Gasteiger partial charge in [-0.1, -0.05) is 187 Å². The summed E-state index contributed by atoms with van der Waals surface area (Å²) < 4.78 is 13.8. The van der Waals surface area contributed by atoms with E-state index in [9.17, 15) is 4.79 Å². The molecule has 49 heavy (non-hydrogen) atoms. The van der Waals surface area contributed by atoms with Crippen molar-refractivity contribution >= 4 is 65.0 Å². The van der Waals surface area contributed by atoms with Crippen molar-refractivity contribution in [3.05, 3.63) is 182 Å². The molecule has 0 spiro atoms. The van der Waals surface area contributed by atoms with Gasteiger partial charge in [0.2, 0.25) is 0 Å². The summed E-state index contributed by atoms with van der Waals surface area (Å²) >= 11 is 0. The van der Waals surface area contributed by atoms with Crippen molar-refractivity contribution in [2.45, 2.75) is 19.3 Å². The molecule has 0 aromatic heterocycles. The molecule has 0 N–H and O–H groups in total. The van der Waals surface area contributed by atoms with E-state index < -0.39 is 16.6 Å². The Morgan fingerprint density at radius 2 is 0.673 bits per heavy atom. The van der Waals surface area contributed by atoms with Gasteiger partial charge in [-0.25, -0.2) is 0 Å². The predicted octanol–water partition coefficient (Wildman–Crippen LogP) is 4.82. The minimum atomic E-state index is -3.21. The van der Waals surface area contributed by atoms with Crippen molar-refractivity contribution in [3.8, 4) is 0 Å². The van der Waals surface area contributed by atoms with Gasteiger partial charge in [0.05, 0.1) is 0 Å². The van der Waals surface area contributed by atoms with Crippen molar-refractivity contribution in [2.75, 3.05) is 0 Å². The zero-order valence-corrected chi connectivity index (χ0v) is 29.1. The number of rotatable bonds is 10. The fourth-order valence-electron chi connectivity index (χ4n) is 6.60. The van der Waals surface area contributed by atoms with Crippen molar-refractivity contribution in [1.82, 2.24) is 0 Å². The molecule has 0 atom stereocenters. The molecule has 6 aromatic rings. The molecule has 6 aromatic carbocycles. The second-order valence-corrected chi connectivity index (χ2v) is 18.5. The minimum absolute atomic E-state index is 0.0999. The van der Waals surface area contributed by atoms with E-state index in [-0.39, 0.29) is 11.5 Å². The number of oxime groups is 2. The van der Waals surface area contributed by atoms with Crippen molar-refractivity contribution in [3.63, 3.8) is 0 Å². The van der Waals surface area contributed by atoms with Crippen molar-refractivity contribution in [2.24, 2.45) is 10.3 Å². The molecule has 0 radical (unpaired) electrons. The van der Waals surface area contributed by atoms with Gasteiger partial charge in [-0.05, 0) is 44.0 Å². The van der Waals surface area contributed by atoms with E-state index in [1.54, 1.807) is 0 Å². The lowest BCUT2D eigenvalue weighted by Crippen LogP contribution is -2.69. The topological polar surface area (TPSA) is 60.2 Å². The van der Waals surface area contributed by atoms with Crippen LogP contribution in [-0.2, 0) is 13.8 Å². The van der Waals surface area contributed by atoms with Crippen LogP contribution < -0.4 is 31.1 Å². The van der Waals surface area contributed by atoms with E-state index in [4.69, 9.17) is 19.4 Å². The van der Waals surface area contributed by atoms with Crippen LogP contribution in [0, 0.1) is 0 Å². The summed E-state index contributed by atoms with van der Waals surface area (Å²) in [4.78, 5) is 13.7. The number of benzene rings is 6.